The van der Waals surface area contributed by atoms with Gasteiger partial charge in [0.05, 0.1) is 10.0 Å². The highest BCUT2D eigenvalue weighted by Gasteiger charge is 2.26. The predicted molar refractivity (Wildman–Crippen MR) is 141 cm³/mol. The van der Waals surface area contributed by atoms with E-state index in [0.717, 1.165) is 70.0 Å². The second-order valence-electron chi connectivity index (χ2n) is 10.5. The number of hydrogen-bond acceptors (Lipinski definition) is 6. The summed E-state index contributed by atoms with van der Waals surface area (Å²) in [6.45, 7) is 10.7. The highest BCUT2D eigenvalue weighted by atomic mass is 35.5. The number of aromatic nitrogens is 1. The summed E-state index contributed by atoms with van der Waals surface area (Å²) in [6.07, 6.45) is 4.49. The van der Waals surface area contributed by atoms with E-state index in [1.165, 1.54) is 0 Å². The fourth-order valence-electron chi connectivity index (χ4n) is 4.71. The lowest BCUT2D eigenvalue weighted by Crippen LogP contribution is -2.43. The van der Waals surface area contributed by atoms with E-state index >= 15 is 0 Å². The van der Waals surface area contributed by atoms with Crippen molar-refractivity contribution < 1.29 is 14.3 Å². The summed E-state index contributed by atoms with van der Waals surface area (Å²) in [4.78, 5) is 21.8. The first-order valence-corrected chi connectivity index (χ1v) is 13.2. The average Bonchev–Trinajstić information content (AvgIpc) is 2.82. The third-order valence-electron chi connectivity index (χ3n) is 6.53. The van der Waals surface area contributed by atoms with Crippen LogP contribution in [0.25, 0.3) is 0 Å². The van der Waals surface area contributed by atoms with Crippen molar-refractivity contribution in [2.45, 2.75) is 58.2 Å². The number of piperidine rings is 2. The number of pyridine rings is 1. The molecule has 1 aromatic carbocycles. The molecular weight excluding hydrogens is 485 g/mol. The Balaban J connectivity index is 1.21. The van der Waals surface area contributed by atoms with E-state index < -0.39 is 5.60 Å². The van der Waals surface area contributed by atoms with Crippen molar-refractivity contribution in [3.05, 3.63) is 52.1 Å². The average molecular weight is 521 g/mol. The molecule has 6 nitrogen and oxygen atoms in total. The Kier molecular flexibility index (Phi) is 8.46. The van der Waals surface area contributed by atoms with Crippen molar-refractivity contribution in [1.82, 2.24) is 9.88 Å². The van der Waals surface area contributed by atoms with Crippen molar-refractivity contribution in [3.63, 3.8) is 0 Å². The first-order chi connectivity index (χ1) is 16.7. The molecule has 0 unspecified atom stereocenters. The van der Waals surface area contributed by atoms with Crippen LogP contribution in [0.5, 0.6) is 5.75 Å². The van der Waals surface area contributed by atoms with Crippen molar-refractivity contribution >= 4 is 35.0 Å². The molecule has 0 saturated carbocycles. The monoisotopic (exact) mass is 519 g/mol. The van der Waals surface area contributed by atoms with Gasteiger partial charge in [0.2, 0.25) is 0 Å². The lowest BCUT2D eigenvalue weighted by Gasteiger charge is -2.38. The van der Waals surface area contributed by atoms with Crippen LogP contribution in [0.2, 0.25) is 10.0 Å². The van der Waals surface area contributed by atoms with Gasteiger partial charge >= 0.3 is 5.97 Å². The molecular formula is C27H35Cl2N3O3. The zero-order valence-corrected chi connectivity index (χ0v) is 22.3. The van der Waals surface area contributed by atoms with Gasteiger partial charge in [0, 0.05) is 38.8 Å². The van der Waals surface area contributed by atoms with E-state index in [1.807, 2.05) is 39.0 Å². The van der Waals surface area contributed by atoms with Gasteiger partial charge in [-0.05, 0) is 76.6 Å². The maximum absolute atomic E-state index is 12.4. The first-order valence-electron chi connectivity index (χ1n) is 12.5. The largest absolute Gasteiger partial charge is 0.490 e. The number of carbonyl (C=O) groups excluding carboxylic acids is 1. The predicted octanol–water partition coefficient (Wildman–Crippen LogP) is 6.10. The summed E-state index contributed by atoms with van der Waals surface area (Å²) >= 11 is 12.1. The molecule has 2 aromatic rings. The van der Waals surface area contributed by atoms with Gasteiger partial charge in [-0.15, -0.1) is 0 Å². The van der Waals surface area contributed by atoms with Crippen molar-refractivity contribution in [2.24, 2.45) is 5.92 Å². The van der Waals surface area contributed by atoms with Gasteiger partial charge in [0.1, 0.15) is 23.3 Å². The molecule has 1 aromatic heterocycles. The Labute approximate surface area is 218 Å². The van der Waals surface area contributed by atoms with E-state index in [2.05, 4.69) is 14.8 Å². The van der Waals surface area contributed by atoms with Gasteiger partial charge in [-0.25, -0.2) is 9.78 Å². The normalized spacial score (nSPS) is 18.5. The Morgan fingerprint density at radius 2 is 1.71 bits per heavy atom. The second-order valence-corrected chi connectivity index (χ2v) is 11.3. The molecule has 3 heterocycles. The Morgan fingerprint density at radius 3 is 2.37 bits per heavy atom. The van der Waals surface area contributed by atoms with Crippen molar-refractivity contribution in [3.8, 4) is 5.75 Å². The summed E-state index contributed by atoms with van der Waals surface area (Å²) in [5.74, 6) is 1.94. The molecule has 0 radical (unpaired) electrons. The van der Waals surface area contributed by atoms with E-state index in [1.54, 1.807) is 18.2 Å². The van der Waals surface area contributed by atoms with Gasteiger partial charge in [0.15, 0.2) is 5.69 Å². The molecule has 0 amide bonds. The summed E-state index contributed by atoms with van der Waals surface area (Å²) in [6, 6.07) is 11.0. The van der Waals surface area contributed by atoms with E-state index in [-0.39, 0.29) is 12.1 Å². The van der Waals surface area contributed by atoms with Gasteiger partial charge in [-0.3, -0.25) is 0 Å². The summed E-state index contributed by atoms with van der Waals surface area (Å²) < 4.78 is 11.6. The van der Waals surface area contributed by atoms with Crippen molar-refractivity contribution in [1.29, 1.82) is 0 Å². The molecule has 0 spiro atoms. The molecule has 0 aliphatic carbocycles. The molecule has 0 N–H and O–H groups in total. The van der Waals surface area contributed by atoms with Crippen LogP contribution in [0, 0.1) is 5.92 Å². The summed E-state index contributed by atoms with van der Waals surface area (Å²) in [5.41, 5.74) is -0.164. The third-order valence-corrected chi connectivity index (χ3v) is 7.26. The topological polar surface area (TPSA) is 54.9 Å². The number of ether oxygens (including phenoxy) is 2. The molecule has 2 aliphatic heterocycles. The Bertz CT molecular complexity index is 1010. The molecule has 2 aliphatic rings. The van der Waals surface area contributed by atoms with E-state index in [0.29, 0.717) is 21.7 Å². The maximum Gasteiger partial charge on any atom is 0.357 e. The Hall–Kier alpha value is -2.02. The number of likely N-dealkylation sites (tertiary alicyclic amines) is 1. The number of halogens is 2. The molecule has 35 heavy (non-hydrogen) atoms. The third kappa shape index (κ3) is 7.48. The smallest absolute Gasteiger partial charge is 0.357 e. The quantitative estimate of drug-likeness (QED) is 0.429. The number of nitrogens with zero attached hydrogens (tertiary/aromatic N) is 3. The van der Waals surface area contributed by atoms with Gasteiger partial charge in [-0.1, -0.05) is 29.3 Å². The van der Waals surface area contributed by atoms with Gasteiger partial charge in [0.25, 0.3) is 0 Å². The molecule has 0 bridgehead atoms. The van der Waals surface area contributed by atoms with Gasteiger partial charge in [-0.2, -0.15) is 0 Å². The minimum absolute atomic E-state index is 0.216. The number of hydrogen-bond donors (Lipinski definition) is 0. The maximum atomic E-state index is 12.4. The zero-order chi connectivity index (χ0) is 25.0. The van der Waals surface area contributed by atoms with Crippen LogP contribution in [0.1, 0.15) is 56.9 Å². The molecule has 2 fully saturated rings. The van der Waals surface area contributed by atoms with Crippen LogP contribution in [0.3, 0.4) is 0 Å². The van der Waals surface area contributed by atoms with Crippen LogP contribution < -0.4 is 9.64 Å². The fourth-order valence-corrected chi connectivity index (χ4v) is 4.99. The second kappa shape index (κ2) is 11.4. The number of rotatable bonds is 6. The fraction of sp³-hybridized carbons (Fsp3) is 0.556. The zero-order valence-electron chi connectivity index (χ0n) is 20.8. The molecule has 190 valence electrons. The first kappa shape index (κ1) is 26.1. The lowest BCUT2D eigenvalue weighted by atomic mass is 9.95. The molecule has 0 atom stereocenters. The molecule has 4 rings (SSSR count). The van der Waals surface area contributed by atoms with Crippen LogP contribution >= 0.6 is 23.2 Å². The SMILES string of the molecule is CC(C)(C)OC(=O)c1cccc(N2CCC(CN3CCC(Oc4ccc(Cl)c(Cl)c4)CC3)CC2)n1. The minimum Gasteiger partial charge on any atom is -0.490 e. The van der Waals surface area contributed by atoms with Crippen LogP contribution in [-0.4, -0.2) is 60.3 Å². The lowest BCUT2D eigenvalue weighted by molar-refractivity contribution is 0.00629. The molecule has 8 heteroatoms. The van der Waals surface area contributed by atoms with Crippen LogP contribution in [0.15, 0.2) is 36.4 Å². The standard InChI is InChI=1S/C27H35Cl2N3O3/c1-27(2,3)35-26(33)24-5-4-6-25(30-24)32-15-9-19(10-16-32)18-31-13-11-20(12-14-31)34-21-7-8-22(28)23(29)17-21/h4-8,17,19-20H,9-16,18H2,1-3H3. The number of anilines is 1. The highest BCUT2D eigenvalue weighted by Crippen LogP contribution is 2.29. The highest BCUT2D eigenvalue weighted by molar-refractivity contribution is 6.42. The van der Waals surface area contributed by atoms with Gasteiger partial charge < -0.3 is 19.3 Å². The Morgan fingerprint density at radius 1 is 1.00 bits per heavy atom. The van der Waals surface area contributed by atoms with Crippen LogP contribution in [0.4, 0.5) is 5.82 Å². The molecule has 2 saturated heterocycles. The van der Waals surface area contributed by atoms with E-state index in [4.69, 9.17) is 32.7 Å². The van der Waals surface area contributed by atoms with Crippen molar-refractivity contribution in [2.75, 3.05) is 37.6 Å². The van der Waals surface area contributed by atoms with E-state index in [9.17, 15) is 4.79 Å². The minimum atomic E-state index is -0.530. The number of carbonyl (C=O) groups is 1. The number of benzene rings is 1. The van der Waals surface area contributed by atoms with Crippen LogP contribution in [-0.2, 0) is 4.74 Å². The summed E-state index contributed by atoms with van der Waals surface area (Å²) in [5, 5.41) is 1.08. The summed E-state index contributed by atoms with van der Waals surface area (Å²) in [7, 11) is 0. The number of esters is 1.